The molecule has 0 fully saturated rings. The van der Waals surface area contributed by atoms with Crippen molar-refractivity contribution >= 4 is 38.5 Å². The van der Waals surface area contributed by atoms with E-state index >= 15 is 0 Å². The molecule has 2 aromatic heterocycles. The fourth-order valence-corrected chi connectivity index (χ4v) is 3.91. The number of nitrogens with zero attached hydrogens (tertiary/aromatic N) is 2. The number of nitrogens with two attached hydrogens (primary N) is 1. The Bertz CT molecular complexity index is 1220. The number of carbonyl (C=O) groups is 2. The summed E-state index contributed by atoms with van der Waals surface area (Å²) in [5.41, 5.74) is 9.05. The van der Waals surface area contributed by atoms with Crippen molar-refractivity contribution in [3.8, 4) is 0 Å². The van der Waals surface area contributed by atoms with Crippen LogP contribution in [0.1, 0.15) is 32.1 Å². The summed E-state index contributed by atoms with van der Waals surface area (Å²) in [6, 6.07) is 20.5. The van der Waals surface area contributed by atoms with Gasteiger partial charge in [0.05, 0.1) is 10.2 Å². The van der Waals surface area contributed by atoms with Crippen LogP contribution in [0, 0.1) is 0 Å². The number of aromatic nitrogens is 2. The molecule has 2 amide bonds. The Morgan fingerprint density at radius 2 is 1.58 bits per heavy atom. The van der Waals surface area contributed by atoms with Crippen LogP contribution in [0.3, 0.4) is 0 Å². The number of fused-ring (bicyclic) bond motifs is 1. The van der Waals surface area contributed by atoms with E-state index in [1.54, 1.807) is 18.2 Å². The highest BCUT2D eigenvalue weighted by Gasteiger charge is 2.12. The molecule has 0 aliphatic rings. The topological polar surface area (TPSA) is 110 Å². The number of benzene rings is 2. The molecule has 0 unspecified atom stereocenters. The number of rotatable bonds is 7. The van der Waals surface area contributed by atoms with Crippen LogP contribution >= 0.6 is 11.3 Å². The summed E-state index contributed by atoms with van der Waals surface area (Å²) in [6.07, 6.45) is 0.725. The molecule has 4 rings (SSSR count). The Morgan fingerprint density at radius 1 is 0.839 bits per heavy atom. The Morgan fingerprint density at radius 3 is 2.35 bits per heavy atom. The summed E-state index contributed by atoms with van der Waals surface area (Å²) in [4.78, 5) is 33.4. The third kappa shape index (κ3) is 5.23. The molecule has 2 aromatic carbocycles. The number of hydrogen-bond acceptors (Lipinski definition) is 6. The number of nitrogen functional groups attached to an aromatic ring is 1. The molecule has 156 valence electrons. The highest BCUT2D eigenvalue weighted by atomic mass is 32.1. The smallest absolute Gasteiger partial charge is 0.270 e. The molecule has 2 heterocycles. The molecule has 0 saturated heterocycles. The molecule has 7 nitrogen and oxygen atoms in total. The van der Waals surface area contributed by atoms with Gasteiger partial charge in [-0.05, 0) is 41.8 Å². The molecule has 0 aliphatic carbocycles. The van der Waals surface area contributed by atoms with Gasteiger partial charge in [0, 0.05) is 13.1 Å². The number of nitrogens with one attached hydrogen (secondary N) is 2. The molecule has 4 N–H and O–H groups in total. The van der Waals surface area contributed by atoms with Gasteiger partial charge in [0.25, 0.3) is 11.8 Å². The van der Waals surface area contributed by atoms with E-state index in [-0.39, 0.29) is 23.2 Å². The summed E-state index contributed by atoms with van der Waals surface area (Å²) < 4.78 is 0.969. The maximum atomic E-state index is 12.5. The predicted octanol–water partition coefficient (Wildman–Crippen LogP) is 3.18. The number of carbonyl (C=O) groups excluding carboxylic acids is 2. The van der Waals surface area contributed by atoms with E-state index < -0.39 is 0 Å². The molecule has 0 aliphatic heterocycles. The van der Waals surface area contributed by atoms with Crippen molar-refractivity contribution in [2.24, 2.45) is 0 Å². The molecule has 0 spiro atoms. The van der Waals surface area contributed by atoms with Crippen LogP contribution in [0.15, 0.2) is 66.7 Å². The second-order valence-corrected chi connectivity index (χ2v) is 8.00. The van der Waals surface area contributed by atoms with E-state index in [9.17, 15) is 9.59 Å². The summed E-state index contributed by atoms with van der Waals surface area (Å²) in [5, 5.41) is 6.19. The van der Waals surface area contributed by atoms with Gasteiger partial charge in [0.15, 0.2) is 5.13 Å². The van der Waals surface area contributed by atoms with Crippen molar-refractivity contribution in [1.82, 2.24) is 20.6 Å². The van der Waals surface area contributed by atoms with Crippen molar-refractivity contribution in [2.75, 3.05) is 12.3 Å². The average Bonchev–Trinajstić information content (AvgIpc) is 3.17. The number of anilines is 1. The summed E-state index contributed by atoms with van der Waals surface area (Å²) in [7, 11) is 0. The first-order valence-electron chi connectivity index (χ1n) is 9.81. The molecule has 0 radical (unpaired) electrons. The minimum absolute atomic E-state index is 0.193. The van der Waals surface area contributed by atoms with Gasteiger partial charge in [-0.1, -0.05) is 53.8 Å². The zero-order valence-corrected chi connectivity index (χ0v) is 17.5. The SMILES string of the molecule is Nc1nc2ccc(CNC(=O)c3cccc(C(=O)NCCc4ccccc4)n3)cc2s1. The van der Waals surface area contributed by atoms with Gasteiger partial charge < -0.3 is 16.4 Å². The first kappa shape index (κ1) is 20.5. The first-order valence-corrected chi connectivity index (χ1v) is 10.6. The lowest BCUT2D eigenvalue weighted by Crippen LogP contribution is -2.28. The van der Waals surface area contributed by atoms with Gasteiger partial charge in [-0.2, -0.15) is 0 Å². The van der Waals surface area contributed by atoms with Gasteiger partial charge in [0.2, 0.25) is 0 Å². The van der Waals surface area contributed by atoms with Crippen LogP contribution in [-0.2, 0) is 13.0 Å². The molecule has 4 aromatic rings. The fourth-order valence-electron chi connectivity index (χ4n) is 3.11. The van der Waals surface area contributed by atoms with E-state index in [4.69, 9.17) is 5.73 Å². The Hall–Kier alpha value is -3.78. The molecule has 0 saturated carbocycles. The molecule has 0 bridgehead atoms. The zero-order chi connectivity index (χ0) is 21.6. The number of pyridine rings is 1. The van der Waals surface area contributed by atoms with Crippen molar-refractivity contribution in [3.63, 3.8) is 0 Å². The van der Waals surface area contributed by atoms with E-state index in [0.29, 0.717) is 18.2 Å². The molecule has 31 heavy (non-hydrogen) atoms. The first-order chi connectivity index (χ1) is 15.1. The lowest BCUT2D eigenvalue weighted by atomic mass is 10.1. The summed E-state index contributed by atoms with van der Waals surface area (Å²) in [6.45, 7) is 0.827. The van der Waals surface area contributed by atoms with E-state index in [0.717, 1.165) is 27.8 Å². The summed E-state index contributed by atoms with van der Waals surface area (Å²) >= 11 is 1.40. The zero-order valence-electron chi connectivity index (χ0n) is 16.7. The highest BCUT2D eigenvalue weighted by molar-refractivity contribution is 7.22. The average molecular weight is 432 g/mol. The van der Waals surface area contributed by atoms with Crippen LogP contribution in [0.25, 0.3) is 10.2 Å². The van der Waals surface area contributed by atoms with Crippen LogP contribution < -0.4 is 16.4 Å². The van der Waals surface area contributed by atoms with E-state index in [2.05, 4.69) is 20.6 Å². The maximum absolute atomic E-state index is 12.5. The normalized spacial score (nSPS) is 10.7. The minimum Gasteiger partial charge on any atom is -0.375 e. The van der Waals surface area contributed by atoms with E-state index in [1.807, 2.05) is 48.5 Å². The number of hydrogen-bond donors (Lipinski definition) is 3. The monoisotopic (exact) mass is 431 g/mol. The molecular formula is C23H21N5O2S. The van der Waals surface area contributed by atoms with Gasteiger partial charge in [0.1, 0.15) is 11.4 Å². The Balaban J connectivity index is 1.34. The second-order valence-electron chi connectivity index (χ2n) is 6.94. The molecular weight excluding hydrogens is 410 g/mol. The van der Waals surface area contributed by atoms with E-state index in [1.165, 1.54) is 11.3 Å². The summed E-state index contributed by atoms with van der Waals surface area (Å²) in [5.74, 6) is -0.651. The predicted molar refractivity (Wildman–Crippen MR) is 122 cm³/mol. The van der Waals surface area contributed by atoms with Crippen molar-refractivity contribution in [2.45, 2.75) is 13.0 Å². The van der Waals surface area contributed by atoms with Crippen molar-refractivity contribution in [3.05, 3.63) is 89.2 Å². The van der Waals surface area contributed by atoms with Crippen LogP contribution in [0.5, 0.6) is 0 Å². The number of amides is 2. The van der Waals surface area contributed by atoms with Crippen LogP contribution in [-0.4, -0.2) is 28.3 Å². The Kier molecular flexibility index (Phi) is 6.18. The van der Waals surface area contributed by atoms with Gasteiger partial charge >= 0.3 is 0 Å². The van der Waals surface area contributed by atoms with Gasteiger partial charge in [-0.3, -0.25) is 9.59 Å². The largest absolute Gasteiger partial charge is 0.375 e. The third-order valence-corrected chi connectivity index (χ3v) is 5.53. The van der Waals surface area contributed by atoms with Gasteiger partial charge in [-0.15, -0.1) is 0 Å². The highest BCUT2D eigenvalue weighted by Crippen LogP contribution is 2.24. The minimum atomic E-state index is -0.345. The molecule has 8 heteroatoms. The van der Waals surface area contributed by atoms with Crippen LogP contribution in [0.2, 0.25) is 0 Å². The lowest BCUT2D eigenvalue weighted by Gasteiger charge is -2.08. The van der Waals surface area contributed by atoms with Gasteiger partial charge in [-0.25, -0.2) is 9.97 Å². The number of thiazole rings is 1. The second kappa shape index (κ2) is 9.36. The fraction of sp³-hybridized carbons (Fsp3) is 0.130. The maximum Gasteiger partial charge on any atom is 0.270 e. The molecule has 0 atom stereocenters. The van der Waals surface area contributed by atoms with Crippen molar-refractivity contribution < 1.29 is 9.59 Å². The quantitative estimate of drug-likeness (QED) is 0.416. The third-order valence-electron chi connectivity index (χ3n) is 4.68. The lowest BCUT2D eigenvalue weighted by molar-refractivity contribution is 0.0943. The Labute approximate surface area is 183 Å². The standard InChI is InChI=1S/C23H21N5O2S/c24-23-28-17-10-9-16(13-20(17)31-23)14-26-22(30)19-8-4-7-18(27-19)21(29)25-12-11-15-5-2-1-3-6-15/h1-10,13H,11-12,14H2,(H2,24,28)(H,25,29)(H,26,30). The van der Waals surface area contributed by atoms with Crippen LogP contribution in [0.4, 0.5) is 5.13 Å². The van der Waals surface area contributed by atoms with Crippen molar-refractivity contribution in [1.29, 1.82) is 0 Å².